The van der Waals surface area contributed by atoms with Gasteiger partial charge in [0.05, 0.1) is 16.9 Å². The number of hydrogen-bond donors (Lipinski definition) is 2. The number of rotatable bonds is 10. The van der Waals surface area contributed by atoms with Crippen LogP contribution in [0.2, 0.25) is 0 Å². The zero-order chi connectivity index (χ0) is 30.1. The minimum atomic E-state index is 0.805. The largest absolute Gasteiger partial charge is 0.357 e. The molecule has 0 amide bonds. The predicted molar refractivity (Wildman–Crippen MR) is 183 cm³/mol. The minimum Gasteiger partial charge on any atom is -0.357 e. The third-order valence-corrected chi connectivity index (χ3v) is 8.05. The highest BCUT2D eigenvalue weighted by molar-refractivity contribution is 7.13. The van der Waals surface area contributed by atoms with Crippen LogP contribution < -0.4 is 0 Å². The highest BCUT2D eigenvalue weighted by Gasteiger charge is 2.18. The fourth-order valence-corrected chi connectivity index (χ4v) is 5.79. The van der Waals surface area contributed by atoms with Gasteiger partial charge in [0.15, 0.2) is 0 Å². The standard InChI is InChI=1S/C35H34N4S.C2H6/c1-6-12-28(33-20-15-23(4)40-33)29-22-32(36-24(29)5)35-34-31(38-39-35)19-18-30(37-34)27(8-3)21-25(7-2)16-17-26-13-10-9-11-14-26;1-2/h6-15,18-22,36H,1-2,16-17H2,3-5H3,(H,38,39);1-2H3/b25-21+,27-8+,28-12+;. The van der Waals surface area contributed by atoms with E-state index in [1.54, 1.807) is 11.3 Å². The molecule has 1 aromatic carbocycles. The Hall–Kier alpha value is -4.48. The number of fused-ring (bicyclic) bond motifs is 1. The minimum absolute atomic E-state index is 0.805. The van der Waals surface area contributed by atoms with Crippen LogP contribution in [-0.2, 0) is 6.42 Å². The Morgan fingerprint density at radius 3 is 2.45 bits per heavy atom. The molecule has 0 bridgehead atoms. The van der Waals surface area contributed by atoms with Gasteiger partial charge in [-0.1, -0.05) is 81.6 Å². The number of benzene rings is 1. The van der Waals surface area contributed by atoms with Gasteiger partial charge in [-0.2, -0.15) is 5.10 Å². The van der Waals surface area contributed by atoms with Crippen LogP contribution in [0.25, 0.3) is 33.6 Å². The number of allylic oxidation sites excluding steroid dienone is 7. The van der Waals surface area contributed by atoms with Crippen LogP contribution in [0.3, 0.4) is 0 Å². The molecule has 4 heterocycles. The molecule has 42 heavy (non-hydrogen) atoms. The molecule has 0 atom stereocenters. The van der Waals surface area contributed by atoms with Crippen molar-refractivity contribution in [3.8, 4) is 11.4 Å². The number of hydrogen-bond acceptors (Lipinski definition) is 3. The number of aromatic amines is 2. The maximum atomic E-state index is 5.08. The van der Waals surface area contributed by atoms with Crippen molar-refractivity contribution in [2.45, 2.75) is 47.5 Å². The molecule has 0 unspecified atom stereocenters. The zero-order valence-corrected chi connectivity index (χ0v) is 26.1. The van der Waals surface area contributed by atoms with Crippen LogP contribution in [0, 0.1) is 13.8 Å². The van der Waals surface area contributed by atoms with Gasteiger partial charge in [-0.25, -0.2) is 4.98 Å². The highest BCUT2D eigenvalue weighted by atomic mass is 32.1. The Bertz CT molecular complexity index is 1760. The molecular formula is C37H40N4S. The van der Waals surface area contributed by atoms with E-state index in [0.717, 1.165) is 63.4 Å². The average molecular weight is 573 g/mol. The van der Waals surface area contributed by atoms with Crippen LogP contribution in [0.5, 0.6) is 0 Å². The normalized spacial score (nSPS) is 12.3. The lowest BCUT2D eigenvalue weighted by molar-refractivity contribution is 0.966. The molecule has 4 nitrogen and oxygen atoms in total. The van der Waals surface area contributed by atoms with Gasteiger partial charge in [0.1, 0.15) is 11.2 Å². The first-order chi connectivity index (χ1) is 20.5. The van der Waals surface area contributed by atoms with Crippen molar-refractivity contribution in [3.05, 3.63) is 142 Å². The van der Waals surface area contributed by atoms with E-state index in [4.69, 9.17) is 4.98 Å². The van der Waals surface area contributed by atoms with Crippen LogP contribution in [0.1, 0.15) is 59.5 Å². The molecule has 4 aromatic heterocycles. The fraction of sp³-hybridized carbons (Fsp3) is 0.189. The number of nitrogens with zero attached hydrogens (tertiary/aromatic N) is 2. The number of aryl methyl sites for hydroxylation is 3. The third-order valence-electron chi connectivity index (χ3n) is 7.01. The van der Waals surface area contributed by atoms with Gasteiger partial charge in [-0.3, -0.25) is 5.10 Å². The molecule has 5 heteroatoms. The summed E-state index contributed by atoms with van der Waals surface area (Å²) in [5.74, 6) is 0. The number of thiophene rings is 1. The van der Waals surface area contributed by atoms with Crippen molar-refractivity contribution >= 4 is 33.5 Å². The van der Waals surface area contributed by atoms with Crippen molar-refractivity contribution in [1.82, 2.24) is 20.2 Å². The topological polar surface area (TPSA) is 57.4 Å². The Labute approximate surface area is 254 Å². The Kier molecular flexibility index (Phi) is 10.5. The van der Waals surface area contributed by atoms with Crippen LogP contribution >= 0.6 is 11.3 Å². The summed E-state index contributed by atoms with van der Waals surface area (Å²) < 4.78 is 0. The molecule has 5 rings (SSSR count). The Balaban J connectivity index is 0.00000198. The molecule has 0 aliphatic heterocycles. The summed E-state index contributed by atoms with van der Waals surface area (Å²) in [6, 6.07) is 21.1. The van der Waals surface area contributed by atoms with Gasteiger partial charge in [-0.15, -0.1) is 11.3 Å². The lowest BCUT2D eigenvalue weighted by Crippen LogP contribution is -1.92. The van der Waals surface area contributed by atoms with Gasteiger partial charge in [0, 0.05) is 26.6 Å². The summed E-state index contributed by atoms with van der Waals surface area (Å²) in [6.07, 6.45) is 12.0. The monoisotopic (exact) mass is 572 g/mol. The number of nitrogens with one attached hydrogen (secondary N) is 2. The summed E-state index contributed by atoms with van der Waals surface area (Å²) in [5.41, 5.74) is 11.3. The molecule has 214 valence electrons. The van der Waals surface area contributed by atoms with Crippen LogP contribution in [-0.4, -0.2) is 20.2 Å². The summed E-state index contributed by atoms with van der Waals surface area (Å²) in [5, 5.41) is 7.83. The molecule has 2 N–H and O–H groups in total. The molecule has 0 aliphatic rings. The van der Waals surface area contributed by atoms with Crippen molar-refractivity contribution in [1.29, 1.82) is 0 Å². The smallest absolute Gasteiger partial charge is 0.135 e. The van der Waals surface area contributed by atoms with Crippen LogP contribution in [0.15, 0.2) is 110 Å². The van der Waals surface area contributed by atoms with E-state index < -0.39 is 0 Å². The lowest BCUT2D eigenvalue weighted by atomic mass is 10.0. The maximum absolute atomic E-state index is 5.08. The van der Waals surface area contributed by atoms with Crippen LogP contribution in [0.4, 0.5) is 0 Å². The zero-order valence-electron chi connectivity index (χ0n) is 25.3. The highest BCUT2D eigenvalue weighted by Crippen LogP contribution is 2.35. The maximum Gasteiger partial charge on any atom is 0.135 e. The van der Waals surface area contributed by atoms with Gasteiger partial charge in [0.25, 0.3) is 0 Å². The third kappa shape index (κ3) is 6.87. The first-order valence-corrected chi connectivity index (χ1v) is 15.3. The molecule has 0 spiro atoms. The van der Waals surface area contributed by atoms with Gasteiger partial charge >= 0.3 is 0 Å². The lowest BCUT2D eigenvalue weighted by Gasteiger charge is -2.07. The summed E-state index contributed by atoms with van der Waals surface area (Å²) >= 11 is 1.78. The average Bonchev–Trinajstić information content (AvgIpc) is 3.75. The molecule has 0 fully saturated rings. The van der Waals surface area contributed by atoms with E-state index in [2.05, 4.69) is 115 Å². The van der Waals surface area contributed by atoms with Crippen molar-refractivity contribution in [2.75, 3.05) is 0 Å². The number of H-pyrrole nitrogens is 2. The molecule has 5 aromatic rings. The Morgan fingerprint density at radius 2 is 1.79 bits per heavy atom. The molecular weight excluding hydrogens is 533 g/mol. The van der Waals surface area contributed by atoms with Crippen molar-refractivity contribution in [3.63, 3.8) is 0 Å². The molecule has 0 saturated heterocycles. The van der Waals surface area contributed by atoms with Gasteiger partial charge in [-0.05, 0) is 86.7 Å². The fourth-order valence-electron chi connectivity index (χ4n) is 4.89. The number of aromatic nitrogens is 4. The van der Waals surface area contributed by atoms with E-state index in [1.165, 1.54) is 20.9 Å². The molecule has 0 saturated carbocycles. The molecule has 0 aliphatic carbocycles. The van der Waals surface area contributed by atoms with E-state index >= 15 is 0 Å². The van der Waals surface area contributed by atoms with Gasteiger partial charge < -0.3 is 4.98 Å². The first-order valence-electron chi connectivity index (χ1n) is 14.5. The second-order valence-electron chi connectivity index (χ2n) is 9.77. The van der Waals surface area contributed by atoms with E-state index in [1.807, 2.05) is 39.0 Å². The number of pyridine rings is 1. The second kappa shape index (κ2) is 14.4. The van der Waals surface area contributed by atoms with Crippen molar-refractivity contribution in [2.24, 2.45) is 0 Å². The van der Waals surface area contributed by atoms with E-state index in [-0.39, 0.29) is 0 Å². The Morgan fingerprint density at radius 1 is 1.00 bits per heavy atom. The SMILES string of the molecule is C=C/C=C(/c1ccc(C)s1)c1cc(-c2n[nH]c3ccc(C(/C=C(\C=C)CCc4ccccc4)=C/C)nc23)[nH]c1C.CC. The summed E-state index contributed by atoms with van der Waals surface area (Å²) in [6.45, 7) is 18.3. The summed E-state index contributed by atoms with van der Waals surface area (Å²) in [7, 11) is 0. The first kappa shape index (κ1) is 30.5. The molecule has 0 radical (unpaired) electrons. The van der Waals surface area contributed by atoms with E-state index in [0.29, 0.717) is 0 Å². The van der Waals surface area contributed by atoms with E-state index in [9.17, 15) is 0 Å². The second-order valence-corrected chi connectivity index (χ2v) is 11.1. The van der Waals surface area contributed by atoms with Crippen molar-refractivity contribution < 1.29 is 0 Å². The quantitative estimate of drug-likeness (QED) is 0.164. The summed E-state index contributed by atoms with van der Waals surface area (Å²) in [4.78, 5) is 11.1. The van der Waals surface area contributed by atoms with Gasteiger partial charge in [0.2, 0.25) is 0 Å². The predicted octanol–water partition coefficient (Wildman–Crippen LogP) is 10.4.